The Hall–Kier alpha value is -3.30. The Morgan fingerprint density at radius 3 is 2.28 bits per heavy atom. The third-order valence-electron chi connectivity index (χ3n) is 4.45. The van der Waals surface area contributed by atoms with E-state index in [9.17, 15) is 19.2 Å². The van der Waals surface area contributed by atoms with Gasteiger partial charge < -0.3 is 14.8 Å². The largest absolute Gasteiger partial charge is 0.493 e. The second kappa shape index (κ2) is 9.26. The van der Waals surface area contributed by atoms with Gasteiger partial charge in [0.05, 0.1) is 14.2 Å². The van der Waals surface area contributed by atoms with Crippen molar-refractivity contribution in [2.45, 2.75) is 38.6 Å². The zero-order valence-electron chi connectivity index (χ0n) is 17.0. The van der Waals surface area contributed by atoms with E-state index in [4.69, 9.17) is 9.47 Å². The molecule has 0 radical (unpaired) electrons. The summed E-state index contributed by atoms with van der Waals surface area (Å²) < 4.78 is 10.5. The average Bonchev–Trinajstić information content (AvgIpc) is 2.89. The molecule has 0 saturated carbocycles. The zero-order valence-corrected chi connectivity index (χ0v) is 17.0. The SMILES string of the molecule is COc1cccc(CCC(=O)NNC(=O)CCN2C(=O)NC(C)(C)C2=O)c1OC. The highest BCUT2D eigenvalue weighted by Gasteiger charge is 2.43. The molecular weight excluding hydrogens is 380 g/mol. The number of amides is 5. The van der Waals surface area contributed by atoms with Crippen LogP contribution in [-0.2, 0) is 20.8 Å². The van der Waals surface area contributed by atoms with E-state index in [1.54, 1.807) is 26.0 Å². The summed E-state index contributed by atoms with van der Waals surface area (Å²) in [5, 5.41) is 2.53. The van der Waals surface area contributed by atoms with Crippen LogP contribution in [-0.4, -0.2) is 55.0 Å². The van der Waals surface area contributed by atoms with Gasteiger partial charge in [0, 0.05) is 19.4 Å². The van der Waals surface area contributed by atoms with Crippen molar-refractivity contribution in [3.05, 3.63) is 23.8 Å². The zero-order chi connectivity index (χ0) is 21.6. The van der Waals surface area contributed by atoms with Crippen molar-refractivity contribution in [2.24, 2.45) is 0 Å². The summed E-state index contributed by atoms with van der Waals surface area (Å²) in [6.45, 7) is 3.10. The third kappa shape index (κ3) is 5.37. The lowest BCUT2D eigenvalue weighted by atomic mass is 10.1. The van der Waals surface area contributed by atoms with Gasteiger partial charge in [0.25, 0.3) is 5.91 Å². The first-order valence-electron chi connectivity index (χ1n) is 9.11. The van der Waals surface area contributed by atoms with Crippen molar-refractivity contribution in [1.82, 2.24) is 21.1 Å². The molecule has 3 N–H and O–H groups in total. The predicted octanol–water partition coefficient (Wildman–Crippen LogP) is 0.504. The molecule has 0 unspecified atom stereocenters. The van der Waals surface area contributed by atoms with Crippen LogP contribution < -0.4 is 25.6 Å². The molecule has 1 aromatic carbocycles. The number of para-hydroxylation sites is 1. The van der Waals surface area contributed by atoms with Gasteiger partial charge in [-0.25, -0.2) is 4.79 Å². The fourth-order valence-corrected chi connectivity index (χ4v) is 2.90. The van der Waals surface area contributed by atoms with Crippen molar-refractivity contribution < 1.29 is 28.7 Å². The summed E-state index contributed by atoms with van der Waals surface area (Å²) in [4.78, 5) is 48.7. The summed E-state index contributed by atoms with van der Waals surface area (Å²) in [7, 11) is 3.05. The van der Waals surface area contributed by atoms with Gasteiger partial charge in [-0.05, 0) is 31.9 Å². The second-order valence-corrected chi connectivity index (χ2v) is 7.01. The molecule has 0 bridgehead atoms. The number of nitrogens with zero attached hydrogens (tertiary/aromatic N) is 1. The molecule has 0 aliphatic carbocycles. The Kier molecular flexibility index (Phi) is 7.03. The molecule has 1 heterocycles. The Balaban J connectivity index is 1.76. The van der Waals surface area contributed by atoms with Gasteiger partial charge in [-0.1, -0.05) is 12.1 Å². The Morgan fingerprint density at radius 2 is 1.72 bits per heavy atom. The Labute approximate surface area is 168 Å². The molecule has 0 atom stereocenters. The minimum absolute atomic E-state index is 0.0726. The molecule has 1 aliphatic heterocycles. The van der Waals surface area contributed by atoms with Crippen LogP contribution in [0.4, 0.5) is 4.79 Å². The monoisotopic (exact) mass is 406 g/mol. The smallest absolute Gasteiger partial charge is 0.325 e. The number of hydrazine groups is 1. The van der Waals surface area contributed by atoms with Crippen molar-refractivity contribution in [2.75, 3.05) is 20.8 Å². The van der Waals surface area contributed by atoms with Crippen molar-refractivity contribution in [1.29, 1.82) is 0 Å². The molecule has 2 rings (SSSR count). The van der Waals surface area contributed by atoms with E-state index in [1.807, 2.05) is 6.07 Å². The van der Waals surface area contributed by atoms with Crippen molar-refractivity contribution in [3.8, 4) is 11.5 Å². The molecule has 158 valence electrons. The minimum atomic E-state index is -0.983. The highest BCUT2D eigenvalue weighted by atomic mass is 16.5. The highest BCUT2D eigenvalue weighted by Crippen LogP contribution is 2.31. The molecule has 0 aromatic heterocycles. The number of carbonyl (C=O) groups is 4. The number of hydrogen-bond donors (Lipinski definition) is 3. The standard InChI is InChI=1S/C19H26N4O6/c1-19(2)17(26)23(18(27)20-19)11-10-15(25)22-21-14(24)9-8-12-6-5-7-13(28-3)16(12)29-4/h5-7H,8-11H2,1-4H3,(H,20,27)(H,21,24)(H,22,25). The predicted molar refractivity (Wildman–Crippen MR) is 103 cm³/mol. The number of ether oxygens (including phenoxy) is 2. The number of imide groups is 1. The van der Waals surface area contributed by atoms with Gasteiger partial charge in [0.2, 0.25) is 11.8 Å². The number of methoxy groups -OCH3 is 2. The Bertz CT molecular complexity index is 808. The summed E-state index contributed by atoms with van der Waals surface area (Å²) in [6.07, 6.45) is 0.379. The first-order chi connectivity index (χ1) is 13.7. The van der Waals surface area contributed by atoms with Crippen LogP contribution in [0.15, 0.2) is 18.2 Å². The van der Waals surface area contributed by atoms with Gasteiger partial charge in [-0.2, -0.15) is 0 Å². The van der Waals surface area contributed by atoms with Crippen LogP contribution in [0, 0.1) is 0 Å². The molecule has 10 nitrogen and oxygen atoms in total. The maximum Gasteiger partial charge on any atom is 0.325 e. The third-order valence-corrected chi connectivity index (χ3v) is 4.45. The fraction of sp³-hybridized carbons (Fsp3) is 0.474. The van der Waals surface area contributed by atoms with E-state index in [0.717, 1.165) is 10.5 Å². The second-order valence-electron chi connectivity index (χ2n) is 7.01. The molecule has 10 heteroatoms. The first kappa shape index (κ1) is 22.0. The topological polar surface area (TPSA) is 126 Å². The van der Waals surface area contributed by atoms with E-state index >= 15 is 0 Å². The molecule has 1 saturated heterocycles. The van der Waals surface area contributed by atoms with Gasteiger partial charge in [-0.15, -0.1) is 0 Å². The maximum absolute atomic E-state index is 12.1. The summed E-state index contributed by atoms with van der Waals surface area (Å²) in [6, 6.07) is 4.85. The lowest BCUT2D eigenvalue weighted by Gasteiger charge is -2.16. The number of urea groups is 1. The molecule has 0 spiro atoms. The summed E-state index contributed by atoms with van der Waals surface area (Å²) >= 11 is 0. The van der Waals surface area contributed by atoms with Crippen LogP contribution >= 0.6 is 0 Å². The summed E-state index contributed by atoms with van der Waals surface area (Å²) in [5.41, 5.74) is 4.42. The molecule has 1 fully saturated rings. The highest BCUT2D eigenvalue weighted by molar-refractivity contribution is 6.06. The number of benzene rings is 1. The Morgan fingerprint density at radius 1 is 1.07 bits per heavy atom. The molecular formula is C19H26N4O6. The number of carbonyl (C=O) groups excluding carboxylic acids is 4. The van der Waals surface area contributed by atoms with Crippen LogP contribution in [0.25, 0.3) is 0 Å². The van der Waals surface area contributed by atoms with Crippen molar-refractivity contribution in [3.63, 3.8) is 0 Å². The van der Waals surface area contributed by atoms with E-state index in [0.29, 0.717) is 17.9 Å². The number of nitrogens with one attached hydrogen (secondary N) is 3. The lowest BCUT2D eigenvalue weighted by molar-refractivity contribution is -0.132. The van der Waals surface area contributed by atoms with Crippen LogP contribution in [0.1, 0.15) is 32.3 Å². The van der Waals surface area contributed by atoms with Crippen LogP contribution in [0.5, 0.6) is 11.5 Å². The normalized spacial score (nSPS) is 15.0. The molecule has 29 heavy (non-hydrogen) atoms. The lowest BCUT2D eigenvalue weighted by Crippen LogP contribution is -2.44. The van der Waals surface area contributed by atoms with E-state index in [-0.39, 0.29) is 25.3 Å². The van der Waals surface area contributed by atoms with E-state index in [2.05, 4.69) is 16.2 Å². The summed E-state index contributed by atoms with van der Waals surface area (Å²) in [5.74, 6) is -0.167. The first-order valence-corrected chi connectivity index (χ1v) is 9.11. The van der Waals surface area contributed by atoms with Gasteiger partial charge in [0.1, 0.15) is 5.54 Å². The van der Waals surface area contributed by atoms with Gasteiger partial charge >= 0.3 is 6.03 Å². The van der Waals surface area contributed by atoms with Crippen molar-refractivity contribution >= 4 is 23.8 Å². The van der Waals surface area contributed by atoms with E-state index < -0.39 is 23.4 Å². The number of aryl methyl sites for hydroxylation is 1. The fourth-order valence-electron chi connectivity index (χ4n) is 2.90. The van der Waals surface area contributed by atoms with Gasteiger partial charge in [-0.3, -0.25) is 30.1 Å². The molecule has 1 aromatic rings. The maximum atomic E-state index is 12.1. The number of hydrogen-bond acceptors (Lipinski definition) is 6. The number of rotatable bonds is 8. The van der Waals surface area contributed by atoms with Crippen LogP contribution in [0.3, 0.4) is 0 Å². The van der Waals surface area contributed by atoms with Gasteiger partial charge in [0.15, 0.2) is 11.5 Å². The molecule has 5 amide bonds. The van der Waals surface area contributed by atoms with Crippen LogP contribution in [0.2, 0.25) is 0 Å². The minimum Gasteiger partial charge on any atom is -0.493 e. The average molecular weight is 406 g/mol. The quantitative estimate of drug-likeness (QED) is 0.426. The van der Waals surface area contributed by atoms with E-state index in [1.165, 1.54) is 14.2 Å². The molecule has 1 aliphatic rings.